The van der Waals surface area contributed by atoms with Gasteiger partial charge in [0.1, 0.15) is 16.5 Å². The Balaban J connectivity index is 0.000000248. The van der Waals surface area contributed by atoms with Gasteiger partial charge in [-0.05, 0) is 30.5 Å². The number of nitrogens with zero attached hydrogens (tertiary/aromatic N) is 5. The van der Waals surface area contributed by atoms with Gasteiger partial charge in [-0.3, -0.25) is 14.3 Å². The Morgan fingerprint density at radius 3 is 2.73 bits per heavy atom. The minimum absolute atomic E-state index is 0.172. The Labute approximate surface area is 214 Å². The monoisotopic (exact) mass is 541 g/mol. The quantitative estimate of drug-likeness (QED) is 0.276. The second-order valence-corrected chi connectivity index (χ2v) is 9.06. The number of ether oxygens (including phenoxy) is 2. The number of aryl methyl sites for hydroxylation is 2. The van der Waals surface area contributed by atoms with Gasteiger partial charge >= 0.3 is 6.36 Å². The maximum Gasteiger partial charge on any atom is 0.573 e. The van der Waals surface area contributed by atoms with Crippen molar-refractivity contribution in [1.29, 1.82) is 0 Å². The summed E-state index contributed by atoms with van der Waals surface area (Å²) in [5.41, 5.74) is 6.18. The highest BCUT2D eigenvalue weighted by molar-refractivity contribution is 7.13. The van der Waals surface area contributed by atoms with E-state index in [1.807, 2.05) is 0 Å². The highest BCUT2D eigenvalue weighted by atomic mass is 32.1. The lowest BCUT2D eigenvalue weighted by molar-refractivity contribution is -0.274. The highest BCUT2D eigenvalue weighted by Crippen LogP contribution is 2.23. The molecular weight excluding hydrogens is 515 g/mol. The fourth-order valence-electron chi connectivity index (χ4n) is 3.06. The van der Waals surface area contributed by atoms with E-state index in [2.05, 4.69) is 30.6 Å². The maximum absolute atomic E-state index is 12.0. The number of halogens is 3. The Morgan fingerprint density at radius 2 is 2.08 bits per heavy atom. The van der Waals surface area contributed by atoms with Gasteiger partial charge in [0.25, 0.3) is 5.91 Å². The average Bonchev–Trinajstić information content (AvgIpc) is 3.50. The molecule has 0 spiro atoms. The van der Waals surface area contributed by atoms with E-state index in [1.54, 1.807) is 16.9 Å². The fourth-order valence-corrected chi connectivity index (χ4v) is 3.86. The van der Waals surface area contributed by atoms with Crippen molar-refractivity contribution in [3.63, 3.8) is 0 Å². The summed E-state index contributed by atoms with van der Waals surface area (Å²) in [5, 5.41) is 19.7. The van der Waals surface area contributed by atoms with Crippen molar-refractivity contribution in [3.05, 3.63) is 51.7 Å². The second-order valence-electron chi connectivity index (χ2n) is 8.00. The first-order valence-electron chi connectivity index (χ1n) is 11.3. The lowest BCUT2D eigenvalue weighted by Crippen LogP contribution is -2.39. The molecule has 37 heavy (non-hydrogen) atoms. The number of carbonyl (C=O) groups excluding carboxylic acids is 2. The van der Waals surface area contributed by atoms with E-state index in [1.165, 1.54) is 29.5 Å². The molecule has 0 bridgehead atoms. The van der Waals surface area contributed by atoms with Crippen LogP contribution in [0, 0.1) is 5.92 Å². The number of hydrogen-bond donors (Lipinski definition) is 2. The van der Waals surface area contributed by atoms with Crippen LogP contribution >= 0.6 is 11.3 Å². The summed E-state index contributed by atoms with van der Waals surface area (Å²) in [6, 6.07) is 5.58. The molecule has 15 heteroatoms. The number of aromatic nitrogens is 5. The summed E-state index contributed by atoms with van der Waals surface area (Å²) in [5.74, 6) is 0.00275. The summed E-state index contributed by atoms with van der Waals surface area (Å²) in [6.45, 7) is 2.92. The first-order chi connectivity index (χ1) is 17.8. The Morgan fingerprint density at radius 1 is 1.27 bits per heavy atom. The van der Waals surface area contributed by atoms with Gasteiger partial charge < -0.3 is 20.5 Å². The molecule has 0 unspecified atom stereocenters. The van der Waals surface area contributed by atoms with E-state index in [9.17, 15) is 22.8 Å². The van der Waals surface area contributed by atoms with Crippen LogP contribution in [-0.4, -0.2) is 63.5 Å². The number of carbonyl (C=O) groups is 2. The smallest absolute Gasteiger partial charge is 0.406 e. The normalized spacial score (nSPS) is 13.3. The minimum atomic E-state index is -4.65. The van der Waals surface area contributed by atoms with Gasteiger partial charge in [0.15, 0.2) is 6.29 Å². The molecule has 1 aliphatic heterocycles. The van der Waals surface area contributed by atoms with Crippen molar-refractivity contribution >= 4 is 23.5 Å². The molecule has 0 atom stereocenters. The van der Waals surface area contributed by atoms with Crippen LogP contribution in [0.4, 0.5) is 13.2 Å². The number of alkyl halides is 3. The van der Waals surface area contributed by atoms with Gasteiger partial charge in [-0.25, -0.2) is 0 Å². The zero-order chi connectivity index (χ0) is 26.7. The third kappa shape index (κ3) is 9.86. The maximum atomic E-state index is 12.0. The molecule has 3 heterocycles. The Bertz CT molecular complexity index is 1150. The number of aldehydes is 1. The average molecular weight is 542 g/mol. The zero-order valence-electron chi connectivity index (χ0n) is 19.7. The fraction of sp³-hybridized carbons (Fsp3) is 0.455. The van der Waals surface area contributed by atoms with E-state index in [4.69, 9.17) is 10.5 Å². The first kappa shape index (κ1) is 28.1. The molecule has 11 nitrogen and oxygen atoms in total. The molecule has 0 aliphatic carbocycles. The molecule has 1 amide bonds. The van der Waals surface area contributed by atoms with Gasteiger partial charge in [0, 0.05) is 32.0 Å². The van der Waals surface area contributed by atoms with Crippen molar-refractivity contribution in [2.24, 2.45) is 11.7 Å². The molecule has 1 fully saturated rings. The predicted octanol–water partition coefficient (Wildman–Crippen LogP) is 2.39. The lowest BCUT2D eigenvalue weighted by atomic mass is 10.1. The molecule has 200 valence electrons. The molecular formula is C22H26F3N7O4S. The largest absolute Gasteiger partial charge is 0.573 e. The minimum Gasteiger partial charge on any atom is -0.406 e. The van der Waals surface area contributed by atoms with Crippen LogP contribution in [0.3, 0.4) is 0 Å². The van der Waals surface area contributed by atoms with Crippen LogP contribution in [0.1, 0.15) is 43.7 Å². The third-order valence-corrected chi connectivity index (χ3v) is 5.97. The van der Waals surface area contributed by atoms with Crippen LogP contribution in [0.5, 0.6) is 5.75 Å². The lowest BCUT2D eigenvalue weighted by Gasteiger charge is -2.25. The molecule has 0 saturated carbocycles. The second kappa shape index (κ2) is 13.8. The summed E-state index contributed by atoms with van der Waals surface area (Å²) in [6.07, 6.45) is 0.184. The topological polar surface area (TPSA) is 147 Å². The molecule has 0 radical (unpaired) electrons. The van der Waals surface area contributed by atoms with Gasteiger partial charge in [0.05, 0.1) is 19.4 Å². The number of hydrogen-bond acceptors (Lipinski definition) is 10. The van der Waals surface area contributed by atoms with E-state index >= 15 is 0 Å². The standard InChI is InChI=1S/C14H18N6O3S.C8H8F3NO/c21-7-11-6-20(19-16-11)4-2-1-3-12-17-18-14(24-12)13(22)15-5-10-8-23-9-10;9-8(10,11)13-7-3-1-2-6(4-7)5-12/h6-7,10H,1-5,8-9H2,(H,15,22);1-4H,5,12H2. The van der Waals surface area contributed by atoms with Crippen molar-refractivity contribution < 1.29 is 32.2 Å². The third-order valence-electron chi connectivity index (χ3n) is 4.99. The van der Waals surface area contributed by atoms with Crippen molar-refractivity contribution in [3.8, 4) is 5.75 Å². The van der Waals surface area contributed by atoms with Crippen LogP contribution in [0.15, 0.2) is 30.5 Å². The molecule has 2 aromatic heterocycles. The number of nitrogens with one attached hydrogen (secondary N) is 1. The molecule has 3 aromatic rings. The van der Waals surface area contributed by atoms with Gasteiger partial charge in [-0.2, -0.15) is 0 Å². The van der Waals surface area contributed by atoms with E-state index in [0.717, 1.165) is 24.3 Å². The van der Waals surface area contributed by atoms with E-state index < -0.39 is 6.36 Å². The van der Waals surface area contributed by atoms with Crippen LogP contribution in [-0.2, 0) is 24.2 Å². The number of nitrogens with two attached hydrogens (primary N) is 1. The zero-order valence-corrected chi connectivity index (χ0v) is 20.5. The van der Waals surface area contributed by atoms with Crippen molar-refractivity contribution in [1.82, 2.24) is 30.5 Å². The summed E-state index contributed by atoms with van der Waals surface area (Å²) in [4.78, 5) is 22.5. The highest BCUT2D eigenvalue weighted by Gasteiger charge is 2.31. The SMILES string of the molecule is NCc1cccc(OC(F)(F)F)c1.O=Cc1cn(CCCCc2nnc(C(=O)NCC3COC3)s2)nn1. The van der Waals surface area contributed by atoms with Gasteiger partial charge in [-0.1, -0.05) is 28.7 Å². The summed E-state index contributed by atoms with van der Waals surface area (Å²) in [7, 11) is 0. The van der Waals surface area contributed by atoms with Crippen LogP contribution in [0.2, 0.25) is 0 Å². The first-order valence-corrected chi connectivity index (χ1v) is 12.2. The number of amides is 1. The van der Waals surface area contributed by atoms with Gasteiger partial charge in [0.2, 0.25) is 5.01 Å². The molecule has 4 rings (SSSR count). The molecule has 1 aliphatic rings. The summed E-state index contributed by atoms with van der Waals surface area (Å²) >= 11 is 1.33. The van der Waals surface area contributed by atoms with Crippen molar-refractivity contribution in [2.45, 2.75) is 38.7 Å². The van der Waals surface area contributed by atoms with E-state index in [0.29, 0.717) is 54.8 Å². The molecule has 1 aromatic carbocycles. The predicted molar refractivity (Wildman–Crippen MR) is 126 cm³/mol. The Hall–Kier alpha value is -3.43. The molecule has 3 N–H and O–H groups in total. The Kier molecular flexibility index (Phi) is 10.5. The van der Waals surface area contributed by atoms with Gasteiger partial charge in [-0.15, -0.1) is 28.5 Å². The summed E-state index contributed by atoms with van der Waals surface area (Å²) < 4.78 is 45.6. The number of rotatable bonds is 11. The number of benzene rings is 1. The van der Waals surface area contributed by atoms with Crippen molar-refractivity contribution in [2.75, 3.05) is 19.8 Å². The number of unbranched alkanes of at least 4 members (excludes halogenated alkanes) is 1. The van der Waals surface area contributed by atoms with E-state index in [-0.39, 0.29) is 18.2 Å². The van der Waals surface area contributed by atoms with Crippen LogP contribution in [0.25, 0.3) is 0 Å². The molecule has 1 saturated heterocycles. The van der Waals surface area contributed by atoms with Crippen LogP contribution < -0.4 is 15.8 Å².